The number of hydrogen-bond acceptors (Lipinski definition) is 1. The molecule has 0 aromatic heterocycles. The van der Waals surface area contributed by atoms with E-state index in [0.717, 1.165) is 16.8 Å². The Bertz CT molecular complexity index is 627. The van der Waals surface area contributed by atoms with Gasteiger partial charge in [-0.3, -0.25) is 4.79 Å². The lowest BCUT2D eigenvalue weighted by Crippen LogP contribution is -2.16. The molecule has 2 rings (SSSR count). The van der Waals surface area contributed by atoms with Crippen molar-refractivity contribution in [1.29, 1.82) is 0 Å². The first-order valence-electron chi connectivity index (χ1n) is 7.42. The number of rotatable bonds is 4. The van der Waals surface area contributed by atoms with Crippen LogP contribution in [0.1, 0.15) is 42.0 Å². The number of para-hydroxylation sites is 1. The summed E-state index contributed by atoms with van der Waals surface area (Å²) in [5.74, 6) is 0.426. The van der Waals surface area contributed by atoms with Gasteiger partial charge in [-0.15, -0.1) is 0 Å². The van der Waals surface area contributed by atoms with Crippen molar-refractivity contribution in [1.82, 2.24) is 0 Å². The van der Waals surface area contributed by atoms with E-state index in [1.807, 2.05) is 50.2 Å². The Kier molecular flexibility index (Phi) is 4.79. The topological polar surface area (TPSA) is 29.1 Å². The monoisotopic (exact) mass is 281 g/mol. The van der Waals surface area contributed by atoms with Crippen molar-refractivity contribution in [3.8, 4) is 0 Å². The molecule has 0 saturated heterocycles. The Balaban J connectivity index is 2.14. The van der Waals surface area contributed by atoms with Gasteiger partial charge in [0.2, 0.25) is 5.91 Å². The van der Waals surface area contributed by atoms with Gasteiger partial charge in [-0.2, -0.15) is 0 Å². The van der Waals surface area contributed by atoms with Gasteiger partial charge in [-0.25, -0.2) is 0 Å². The lowest BCUT2D eigenvalue weighted by Gasteiger charge is -2.16. The smallest absolute Gasteiger partial charge is 0.228 e. The minimum Gasteiger partial charge on any atom is -0.325 e. The summed E-state index contributed by atoms with van der Waals surface area (Å²) in [5, 5.41) is 3.08. The zero-order valence-electron chi connectivity index (χ0n) is 13.2. The van der Waals surface area contributed by atoms with E-state index in [0.29, 0.717) is 12.3 Å². The number of benzene rings is 2. The molecule has 2 aromatic rings. The lowest BCUT2D eigenvalue weighted by molar-refractivity contribution is -0.115. The Hall–Kier alpha value is -2.09. The second-order valence-corrected chi connectivity index (χ2v) is 5.90. The number of carbonyl (C=O) groups is 1. The molecular formula is C19H23NO. The predicted molar refractivity (Wildman–Crippen MR) is 88.8 cm³/mol. The predicted octanol–water partition coefficient (Wildman–Crippen LogP) is 4.61. The van der Waals surface area contributed by atoms with Crippen LogP contribution < -0.4 is 5.32 Å². The lowest BCUT2D eigenvalue weighted by atomic mass is 9.98. The van der Waals surface area contributed by atoms with Crippen molar-refractivity contribution in [3.63, 3.8) is 0 Å². The SMILES string of the molecule is Cc1ccc(CC(=O)Nc2c(C)cccc2C(C)C)cc1. The fourth-order valence-corrected chi connectivity index (χ4v) is 2.42. The summed E-state index contributed by atoms with van der Waals surface area (Å²) in [7, 11) is 0. The molecule has 1 amide bonds. The third-order valence-electron chi connectivity index (χ3n) is 3.68. The van der Waals surface area contributed by atoms with Crippen LogP contribution in [0.5, 0.6) is 0 Å². The first-order chi connectivity index (χ1) is 9.97. The highest BCUT2D eigenvalue weighted by Crippen LogP contribution is 2.27. The van der Waals surface area contributed by atoms with Crippen molar-refractivity contribution in [2.75, 3.05) is 5.32 Å². The van der Waals surface area contributed by atoms with Gasteiger partial charge in [0.25, 0.3) is 0 Å². The maximum atomic E-state index is 12.3. The quantitative estimate of drug-likeness (QED) is 0.871. The molecule has 2 heteroatoms. The summed E-state index contributed by atoms with van der Waals surface area (Å²) >= 11 is 0. The summed E-state index contributed by atoms with van der Waals surface area (Å²) in [6, 6.07) is 14.3. The van der Waals surface area contributed by atoms with Crippen LogP contribution in [0.2, 0.25) is 0 Å². The standard InChI is InChI=1S/C19H23NO/c1-13(2)17-7-5-6-15(4)19(17)20-18(21)12-16-10-8-14(3)9-11-16/h5-11,13H,12H2,1-4H3,(H,20,21). The minimum absolute atomic E-state index is 0.0371. The normalized spacial score (nSPS) is 10.7. The van der Waals surface area contributed by atoms with E-state index in [1.165, 1.54) is 11.1 Å². The van der Waals surface area contributed by atoms with Gasteiger partial charge < -0.3 is 5.32 Å². The van der Waals surface area contributed by atoms with Crippen LogP contribution in [0.15, 0.2) is 42.5 Å². The summed E-state index contributed by atoms with van der Waals surface area (Å²) < 4.78 is 0. The van der Waals surface area contributed by atoms with E-state index in [-0.39, 0.29) is 5.91 Å². The van der Waals surface area contributed by atoms with Gasteiger partial charge in [0.1, 0.15) is 0 Å². The van der Waals surface area contributed by atoms with Crippen molar-refractivity contribution in [3.05, 3.63) is 64.7 Å². The summed E-state index contributed by atoms with van der Waals surface area (Å²) in [6.45, 7) is 8.37. The zero-order valence-corrected chi connectivity index (χ0v) is 13.2. The van der Waals surface area contributed by atoms with E-state index in [9.17, 15) is 4.79 Å². The fraction of sp³-hybridized carbons (Fsp3) is 0.316. The van der Waals surface area contributed by atoms with E-state index < -0.39 is 0 Å². The van der Waals surface area contributed by atoms with E-state index >= 15 is 0 Å². The molecule has 0 aliphatic carbocycles. The Morgan fingerprint density at radius 1 is 1.05 bits per heavy atom. The average Bonchev–Trinajstić information content (AvgIpc) is 2.43. The maximum Gasteiger partial charge on any atom is 0.228 e. The molecule has 0 atom stereocenters. The van der Waals surface area contributed by atoms with Crippen LogP contribution in [0, 0.1) is 13.8 Å². The molecule has 2 aromatic carbocycles. The third-order valence-corrected chi connectivity index (χ3v) is 3.68. The van der Waals surface area contributed by atoms with E-state index in [1.54, 1.807) is 0 Å². The summed E-state index contributed by atoms with van der Waals surface area (Å²) in [4.78, 5) is 12.3. The van der Waals surface area contributed by atoms with Crippen molar-refractivity contribution >= 4 is 11.6 Å². The highest BCUT2D eigenvalue weighted by molar-refractivity contribution is 5.93. The first kappa shape index (κ1) is 15.3. The molecular weight excluding hydrogens is 258 g/mol. The maximum absolute atomic E-state index is 12.3. The van der Waals surface area contributed by atoms with Gasteiger partial charge in [0.05, 0.1) is 6.42 Å². The van der Waals surface area contributed by atoms with Gasteiger partial charge in [0, 0.05) is 5.69 Å². The Morgan fingerprint density at radius 3 is 2.33 bits per heavy atom. The molecule has 2 nitrogen and oxygen atoms in total. The van der Waals surface area contributed by atoms with Crippen molar-refractivity contribution < 1.29 is 4.79 Å². The summed E-state index contributed by atoms with van der Waals surface area (Å²) in [5.41, 5.74) is 5.51. The number of anilines is 1. The van der Waals surface area contributed by atoms with Gasteiger partial charge >= 0.3 is 0 Å². The van der Waals surface area contributed by atoms with Crippen LogP contribution >= 0.6 is 0 Å². The highest BCUT2D eigenvalue weighted by atomic mass is 16.1. The van der Waals surface area contributed by atoms with Crippen molar-refractivity contribution in [2.24, 2.45) is 0 Å². The fourth-order valence-electron chi connectivity index (χ4n) is 2.42. The molecule has 0 radical (unpaired) electrons. The number of carbonyl (C=O) groups excluding carboxylic acids is 1. The molecule has 110 valence electrons. The van der Waals surface area contributed by atoms with Crippen LogP contribution in [0.25, 0.3) is 0 Å². The van der Waals surface area contributed by atoms with Crippen LogP contribution in [0.3, 0.4) is 0 Å². The molecule has 1 N–H and O–H groups in total. The van der Waals surface area contributed by atoms with Crippen LogP contribution in [-0.4, -0.2) is 5.91 Å². The molecule has 0 heterocycles. The average molecular weight is 281 g/mol. The van der Waals surface area contributed by atoms with Crippen LogP contribution in [0.4, 0.5) is 5.69 Å². The Morgan fingerprint density at radius 2 is 1.71 bits per heavy atom. The molecule has 0 aliphatic rings. The molecule has 0 spiro atoms. The summed E-state index contributed by atoms with van der Waals surface area (Å²) in [6.07, 6.45) is 0.409. The van der Waals surface area contributed by atoms with Gasteiger partial charge in [-0.1, -0.05) is 61.9 Å². The molecule has 0 fully saturated rings. The van der Waals surface area contributed by atoms with Gasteiger partial charge in [0.15, 0.2) is 0 Å². The first-order valence-corrected chi connectivity index (χ1v) is 7.42. The molecule has 0 bridgehead atoms. The molecule has 0 unspecified atom stereocenters. The van der Waals surface area contributed by atoms with E-state index in [4.69, 9.17) is 0 Å². The number of aryl methyl sites for hydroxylation is 2. The van der Waals surface area contributed by atoms with E-state index in [2.05, 4.69) is 25.2 Å². The Labute approximate surface area is 127 Å². The van der Waals surface area contributed by atoms with Crippen LogP contribution in [-0.2, 0) is 11.2 Å². The number of amides is 1. The third kappa shape index (κ3) is 3.94. The zero-order chi connectivity index (χ0) is 15.4. The second-order valence-electron chi connectivity index (χ2n) is 5.90. The van der Waals surface area contributed by atoms with Gasteiger partial charge in [-0.05, 0) is 36.5 Å². The minimum atomic E-state index is 0.0371. The number of hydrogen-bond donors (Lipinski definition) is 1. The highest BCUT2D eigenvalue weighted by Gasteiger charge is 2.12. The largest absolute Gasteiger partial charge is 0.325 e. The number of nitrogens with one attached hydrogen (secondary N) is 1. The molecule has 0 aliphatic heterocycles. The van der Waals surface area contributed by atoms with Crippen molar-refractivity contribution in [2.45, 2.75) is 40.0 Å². The second kappa shape index (κ2) is 6.57. The molecule has 21 heavy (non-hydrogen) atoms. The molecule has 0 saturated carbocycles.